The number of nitrogens with two attached hydrogens (primary N) is 1. The highest BCUT2D eigenvalue weighted by Gasteiger charge is 2.03. The molecule has 0 bridgehead atoms. The lowest BCUT2D eigenvalue weighted by atomic mass is 10.2. The van der Waals surface area contributed by atoms with Crippen molar-refractivity contribution in [3.63, 3.8) is 0 Å². The fourth-order valence-electron chi connectivity index (χ4n) is 1.64. The van der Waals surface area contributed by atoms with Crippen LogP contribution in [0, 0.1) is 5.82 Å². The van der Waals surface area contributed by atoms with E-state index in [-0.39, 0.29) is 12.3 Å². The van der Waals surface area contributed by atoms with Crippen LogP contribution >= 0.6 is 0 Å². The van der Waals surface area contributed by atoms with E-state index in [4.69, 9.17) is 5.73 Å². The number of phenolic OH excluding ortho intramolecular Hbond substituents is 1. The number of carbonyl (C=O) groups is 1. The number of halogens is 1. The largest absolute Gasteiger partial charge is 0.508 e. The normalized spacial score (nSPS) is 10.4. The summed E-state index contributed by atoms with van der Waals surface area (Å²) in [5.41, 5.74) is 6.31. The van der Waals surface area contributed by atoms with Gasteiger partial charge in [-0.2, -0.15) is 5.10 Å². The van der Waals surface area contributed by atoms with Crippen LogP contribution in [0.4, 0.5) is 10.1 Å². The van der Waals surface area contributed by atoms with Gasteiger partial charge in [0.15, 0.2) is 0 Å². The van der Waals surface area contributed by atoms with E-state index >= 15 is 0 Å². The molecule has 0 unspecified atom stereocenters. The number of carbonyl (C=O) groups excluding carboxylic acids is 1. The Kier molecular flexibility index (Phi) is 3.65. The molecule has 6 nitrogen and oxygen atoms in total. The molecular weight excluding hydrogens is 251 g/mol. The third-order valence-electron chi connectivity index (χ3n) is 2.39. The van der Waals surface area contributed by atoms with Crippen LogP contribution in [0.1, 0.15) is 5.56 Å². The van der Waals surface area contributed by atoms with Gasteiger partial charge >= 0.3 is 0 Å². The zero-order chi connectivity index (χ0) is 13.8. The number of nitrogens with one attached hydrogen (secondary N) is 1. The molecule has 0 aliphatic rings. The summed E-state index contributed by atoms with van der Waals surface area (Å²) >= 11 is 0. The highest BCUT2D eigenvalue weighted by atomic mass is 19.1. The molecule has 19 heavy (non-hydrogen) atoms. The van der Waals surface area contributed by atoms with Crippen LogP contribution in [0.5, 0.6) is 5.75 Å². The molecule has 0 radical (unpaired) electrons. The summed E-state index contributed by atoms with van der Waals surface area (Å²) in [5.74, 6) is -1.10. The second kappa shape index (κ2) is 5.38. The molecule has 1 amide bonds. The first-order chi connectivity index (χ1) is 9.02. The minimum atomic E-state index is -0.499. The van der Waals surface area contributed by atoms with Crippen molar-refractivity contribution >= 4 is 11.6 Å². The molecule has 7 heteroatoms. The van der Waals surface area contributed by atoms with Crippen molar-refractivity contribution in [2.24, 2.45) is 5.73 Å². The van der Waals surface area contributed by atoms with Gasteiger partial charge in [0.05, 0.1) is 11.9 Å². The number of hydrogen-bond acceptors (Lipinski definition) is 4. The smallest absolute Gasteiger partial charge is 0.239 e. The van der Waals surface area contributed by atoms with Crippen molar-refractivity contribution in [3.8, 4) is 5.75 Å². The quantitative estimate of drug-likeness (QED) is 0.745. The van der Waals surface area contributed by atoms with Crippen LogP contribution < -0.4 is 11.1 Å². The molecule has 1 heterocycles. The lowest BCUT2D eigenvalue weighted by Crippen LogP contribution is -2.18. The van der Waals surface area contributed by atoms with Crippen molar-refractivity contribution < 1.29 is 14.3 Å². The summed E-state index contributed by atoms with van der Waals surface area (Å²) in [6.45, 7) is 0.329. The number of nitrogens with zero attached hydrogens (tertiary/aromatic N) is 2. The van der Waals surface area contributed by atoms with E-state index in [9.17, 15) is 14.3 Å². The molecule has 2 aromatic rings. The van der Waals surface area contributed by atoms with Gasteiger partial charge in [0, 0.05) is 18.8 Å². The van der Waals surface area contributed by atoms with Gasteiger partial charge in [-0.25, -0.2) is 4.39 Å². The Morgan fingerprint density at radius 1 is 1.47 bits per heavy atom. The average Bonchev–Trinajstić information content (AvgIpc) is 2.72. The maximum atomic E-state index is 13.0. The van der Waals surface area contributed by atoms with Crippen molar-refractivity contribution in [1.29, 1.82) is 0 Å². The Morgan fingerprint density at radius 2 is 2.26 bits per heavy atom. The zero-order valence-corrected chi connectivity index (χ0v) is 10.0. The SMILES string of the molecule is NC(=O)Cn1cc(NCc2cc(O)cc(F)c2)cn1. The van der Waals surface area contributed by atoms with Gasteiger partial charge in [-0.15, -0.1) is 0 Å². The Balaban J connectivity index is 1.98. The number of hydrogen-bond donors (Lipinski definition) is 3. The number of anilines is 1. The van der Waals surface area contributed by atoms with E-state index in [1.807, 2.05) is 0 Å². The summed E-state index contributed by atoms with van der Waals surface area (Å²) < 4.78 is 14.4. The second-order valence-electron chi connectivity index (χ2n) is 4.06. The van der Waals surface area contributed by atoms with E-state index in [0.29, 0.717) is 17.8 Å². The Hall–Kier alpha value is -2.57. The van der Waals surface area contributed by atoms with Gasteiger partial charge < -0.3 is 16.2 Å². The highest BCUT2D eigenvalue weighted by Crippen LogP contribution is 2.16. The second-order valence-corrected chi connectivity index (χ2v) is 4.06. The average molecular weight is 264 g/mol. The van der Waals surface area contributed by atoms with E-state index < -0.39 is 11.7 Å². The number of phenols is 1. The van der Waals surface area contributed by atoms with Gasteiger partial charge in [-0.05, 0) is 17.7 Å². The molecule has 0 atom stereocenters. The number of primary amides is 1. The molecule has 0 fully saturated rings. The van der Waals surface area contributed by atoms with E-state index in [0.717, 1.165) is 6.07 Å². The van der Waals surface area contributed by atoms with E-state index in [1.54, 1.807) is 6.20 Å². The summed E-state index contributed by atoms with van der Waals surface area (Å²) in [4.78, 5) is 10.7. The Morgan fingerprint density at radius 3 is 2.95 bits per heavy atom. The van der Waals surface area contributed by atoms with Gasteiger partial charge in [0.1, 0.15) is 18.1 Å². The fourth-order valence-corrected chi connectivity index (χ4v) is 1.64. The Bertz CT molecular complexity index is 577. The molecule has 100 valence electrons. The van der Waals surface area contributed by atoms with Crippen molar-refractivity contribution in [2.75, 3.05) is 5.32 Å². The molecule has 1 aromatic carbocycles. The number of aromatic hydroxyl groups is 1. The molecule has 0 aliphatic heterocycles. The number of aromatic nitrogens is 2. The number of benzene rings is 1. The monoisotopic (exact) mass is 264 g/mol. The molecule has 0 saturated heterocycles. The Labute approximate surface area is 108 Å². The summed E-state index contributed by atoms with van der Waals surface area (Å²) in [5, 5.41) is 16.2. The van der Waals surface area contributed by atoms with Crippen LogP contribution in [0.15, 0.2) is 30.6 Å². The first kappa shape index (κ1) is 12.9. The minimum absolute atomic E-state index is 0.00241. The summed E-state index contributed by atoms with van der Waals surface area (Å²) in [6, 6.07) is 3.82. The standard InChI is InChI=1S/C12H13FN4O2/c13-9-1-8(2-11(18)3-9)4-15-10-5-16-17(6-10)7-12(14)19/h1-3,5-6,15,18H,4,7H2,(H2,14,19). The lowest BCUT2D eigenvalue weighted by molar-refractivity contribution is -0.118. The molecule has 0 aliphatic carbocycles. The molecule has 2 rings (SSSR count). The van der Waals surface area contributed by atoms with Crippen molar-refractivity contribution in [3.05, 3.63) is 42.0 Å². The van der Waals surface area contributed by atoms with Gasteiger partial charge in [-0.3, -0.25) is 9.48 Å². The predicted molar refractivity (Wildman–Crippen MR) is 66.8 cm³/mol. The maximum Gasteiger partial charge on any atom is 0.239 e. The topological polar surface area (TPSA) is 93.2 Å². The van der Waals surface area contributed by atoms with E-state index in [1.165, 1.54) is 23.0 Å². The highest BCUT2D eigenvalue weighted by molar-refractivity contribution is 5.73. The van der Waals surface area contributed by atoms with E-state index in [2.05, 4.69) is 10.4 Å². The molecule has 1 aromatic heterocycles. The third kappa shape index (κ3) is 3.70. The molecule has 0 saturated carbocycles. The van der Waals surface area contributed by atoms with Gasteiger partial charge in [0.25, 0.3) is 0 Å². The molecule has 0 spiro atoms. The third-order valence-corrected chi connectivity index (χ3v) is 2.39. The fraction of sp³-hybridized carbons (Fsp3) is 0.167. The zero-order valence-electron chi connectivity index (χ0n) is 10.0. The first-order valence-electron chi connectivity index (χ1n) is 5.56. The predicted octanol–water partition coefficient (Wildman–Crippen LogP) is 0.825. The maximum absolute atomic E-state index is 13.0. The van der Waals surface area contributed by atoms with Crippen LogP contribution in [0.25, 0.3) is 0 Å². The molecule has 4 N–H and O–H groups in total. The van der Waals surface area contributed by atoms with Gasteiger partial charge in [-0.1, -0.05) is 0 Å². The summed E-state index contributed by atoms with van der Waals surface area (Å²) in [6.07, 6.45) is 3.14. The minimum Gasteiger partial charge on any atom is -0.508 e. The number of amides is 1. The van der Waals surface area contributed by atoms with Crippen LogP contribution in [-0.2, 0) is 17.9 Å². The number of rotatable bonds is 5. The van der Waals surface area contributed by atoms with Crippen molar-refractivity contribution in [2.45, 2.75) is 13.1 Å². The van der Waals surface area contributed by atoms with Crippen LogP contribution in [-0.4, -0.2) is 20.8 Å². The van der Waals surface area contributed by atoms with Crippen LogP contribution in [0.2, 0.25) is 0 Å². The first-order valence-corrected chi connectivity index (χ1v) is 5.56. The van der Waals surface area contributed by atoms with Crippen molar-refractivity contribution in [1.82, 2.24) is 9.78 Å². The lowest BCUT2D eigenvalue weighted by Gasteiger charge is -2.04. The summed E-state index contributed by atoms with van der Waals surface area (Å²) in [7, 11) is 0. The van der Waals surface area contributed by atoms with Gasteiger partial charge in [0.2, 0.25) is 5.91 Å². The van der Waals surface area contributed by atoms with Crippen LogP contribution in [0.3, 0.4) is 0 Å². The molecular formula is C12H13FN4O2.